The highest BCUT2D eigenvalue weighted by atomic mass is 16.5. The van der Waals surface area contributed by atoms with Crippen LogP contribution in [0.25, 0.3) is 10.9 Å². The lowest BCUT2D eigenvalue weighted by molar-refractivity contribution is -0.0110. The van der Waals surface area contributed by atoms with Crippen LogP contribution in [-0.4, -0.2) is 58.5 Å². The van der Waals surface area contributed by atoms with Crippen LogP contribution < -0.4 is 0 Å². The number of nitrogens with one attached hydrogen (secondary N) is 1. The van der Waals surface area contributed by atoms with E-state index in [0.29, 0.717) is 18.7 Å². The average molecular weight is 303 g/mol. The minimum atomic E-state index is 0.00640. The molecule has 1 aliphatic rings. The molecule has 0 aliphatic carbocycles. The molecule has 3 rings (SSSR count). The first kappa shape index (κ1) is 15.0. The number of carbonyl (C=O) groups is 1. The van der Waals surface area contributed by atoms with Crippen LogP contribution in [0.1, 0.15) is 28.8 Å². The van der Waals surface area contributed by atoms with Crippen molar-refractivity contribution in [3.8, 4) is 0 Å². The Balaban J connectivity index is 1.81. The summed E-state index contributed by atoms with van der Waals surface area (Å²) in [5.41, 5.74) is 2.49. The van der Waals surface area contributed by atoms with E-state index in [-0.39, 0.29) is 18.6 Å². The Hall–Kier alpha value is -1.92. The van der Waals surface area contributed by atoms with Crippen molar-refractivity contribution in [2.24, 2.45) is 0 Å². The van der Waals surface area contributed by atoms with E-state index in [1.807, 2.05) is 24.0 Å². The van der Waals surface area contributed by atoms with E-state index in [0.717, 1.165) is 35.9 Å². The summed E-state index contributed by atoms with van der Waals surface area (Å²) in [7, 11) is 0. The van der Waals surface area contributed by atoms with Crippen LogP contribution in [0.4, 0.5) is 0 Å². The number of nitrogens with zero attached hydrogens (tertiary/aromatic N) is 2. The van der Waals surface area contributed by atoms with Crippen molar-refractivity contribution in [2.75, 3.05) is 26.3 Å². The molecule has 0 saturated carbocycles. The molecule has 0 radical (unpaired) electrons. The van der Waals surface area contributed by atoms with Gasteiger partial charge in [0.05, 0.1) is 36.6 Å². The number of piperidine rings is 1. The Morgan fingerprint density at radius 3 is 3.23 bits per heavy atom. The van der Waals surface area contributed by atoms with Gasteiger partial charge >= 0.3 is 0 Å². The van der Waals surface area contributed by atoms with Crippen LogP contribution in [0.15, 0.2) is 18.3 Å². The maximum Gasteiger partial charge on any atom is 0.256 e. The van der Waals surface area contributed by atoms with Crippen LogP contribution in [-0.2, 0) is 4.74 Å². The molecule has 2 N–H and O–H groups in total. The molecule has 1 aromatic carbocycles. The minimum Gasteiger partial charge on any atom is -0.394 e. The third-order valence-corrected chi connectivity index (χ3v) is 4.03. The van der Waals surface area contributed by atoms with E-state index in [1.54, 1.807) is 6.20 Å². The average Bonchev–Trinajstić information content (AvgIpc) is 2.99. The number of amides is 1. The van der Waals surface area contributed by atoms with Gasteiger partial charge in [-0.05, 0) is 37.5 Å². The molecule has 1 amide bonds. The first-order valence-corrected chi connectivity index (χ1v) is 7.64. The monoisotopic (exact) mass is 303 g/mol. The predicted molar refractivity (Wildman–Crippen MR) is 82.8 cm³/mol. The molecule has 6 heteroatoms. The van der Waals surface area contributed by atoms with E-state index in [2.05, 4.69) is 10.2 Å². The summed E-state index contributed by atoms with van der Waals surface area (Å²) >= 11 is 0. The zero-order valence-corrected chi connectivity index (χ0v) is 12.7. The van der Waals surface area contributed by atoms with E-state index in [1.165, 1.54) is 0 Å². The van der Waals surface area contributed by atoms with E-state index >= 15 is 0 Å². The zero-order valence-electron chi connectivity index (χ0n) is 12.7. The number of ether oxygens (including phenoxy) is 1. The third kappa shape index (κ3) is 2.98. The molecule has 22 heavy (non-hydrogen) atoms. The molecule has 1 unspecified atom stereocenters. The van der Waals surface area contributed by atoms with Crippen LogP contribution in [0.3, 0.4) is 0 Å². The molecule has 6 nitrogen and oxygen atoms in total. The number of likely N-dealkylation sites (tertiary alicyclic amines) is 1. The number of rotatable bonds is 4. The second-order valence-corrected chi connectivity index (χ2v) is 5.76. The number of benzene rings is 1. The number of H-pyrrole nitrogens is 1. The van der Waals surface area contributed by atoms with Crippen molar-refractivity contribution < 1.29 is 14.6 Å². The number of carbonyl (C=O) groups excluding carboxylic acids is 1. The maximum absolute atomic E-state index is 12.9. The summed E-state index contributed by atoms with van der Waals surface area (Å²) in [4.78, 5) is 14.7. The van der Waals surface area contributed by atoms with Gasteiger partial charge in [0.15, 0.2) is 0 Å². The molecule has 1 saturated heterocycles. The SMILES string of the molecule is Cc1cc(C(=O)N2CCCC(OCCO)C2)c2[nH]ncc2c1. The number of aryl methyl sites for hydroxylation is 1. The van der Waals surface area contributed by atoms with Crippen molar-refractivity contribution in [1.82, 2.24) is 15.1 Å². The Morgan fingerprint density at radius 1 is 1.55 bits per heavy atom. The van der Waals surface area contributed by atoms with E-state index in [9.17, 15) is 4.79 Å². The molecule has 0 spiro atoms. The lowest BCUT2D eigenvalue weighted by Gasteiger charge is -2.32. The summed E-state index contributed by atoms with van der Waals surface area (Å²) in [6.45, 7) is 3.62. The number of fused-ring (bicyclic) bond motifs is 1. The summed E-state index contributed by atoms with van der Waals surface area (Å²) in [5.74, 6) is 0.00949. The summed E-state index contributed by atoms with van der Waals surface area (Å²) in [6.07, 6.45) is 3.59. The molecule has 2 aromatic rings. The third-order valence-electron chi connectivity index (χ3n) is 4.03. The van der Waals surface area contributed by atoms with Crippen LogP contribution >= 0.6 is 0 Å². The lowest BCUT2D eigenvalue weighted by atomic mass is 10.0. The molecule has 1 aromatic heterocycles. The van der Waals surface area contributed by atoms with Crippen molar-refractivity contribution in [3.63, 3.8) is 0 Å². The number of hydrogen-bond donors (Lipinski definition) is 2. The second kappa shape index (κ2) is 6.46. The predicted octanol–water partition coefficient (Wildman–Crippen LogP) is 1.48. The Labute approximate surface area is 129 Å². The van der Waals surface area contributed by atoms with Crippen molar-refractivity contribution in [2.45, 2.75) is 25.9 Å². The minimum absolute atomic E-state index is 0.00640. The van der Waals surface area contributed by atoms with Gasteiger partial charge in [-0.2, -0.15) is 5.10 Å². The largest absolute Gasteiger partial charge is 0.394 e. The van der Waals surface area contributed by atoms with Crippen molar-refractivity contribution >= 4 is 16.8 Å². The Morgan fingerprint density at radius 2 is 2.41 bits per heavy atom. The van der Waals surface area contributed by atoms with Crippen molar-refractivity contribution in [3.05, 3.63) is 29.5 Å². The molecule has 118 valence electrons. The molecule has 0 bridgehead atoms. The van der Waals surface area contributed by atoms with Crippen LogP contribution in [0.2, 0.25) is 0 Å². The summed E-state index contributed by atoms with van der Waals surface area (Å²) < 4.78 is 5.58. The Kier molecular flexibility index (Phi) is 4.40. The molecule has 1 fully saturated rings. The second-order valence-electron chi connectivity index (χ2n) is 5.76. The molecular weight excluding hydrogens is 282 g/mol. The van der Waals surface area contributed by atoms with Gasteiger partial charge in [-0.25, -0.2) is 0 Å². The molecular formula is C16H21N3O3. The highest BCUT2D eigenvalue weighted by Gasteiger charge is 2.26. The summed E-state index contributed by atoms with van der Waals surface area (Å²) in [6, 6.07) is 3.92. The normalized spacial score (nSPS) is 18.8. The molecule has 1 aliphatic heterocycles. The lowest BCUT2D eigenvalue weighted by Crippen LogP contribution is -2.43. The highest BCUT2D eigenvalue weighted by molar-refractivity contribution is 6.05. The zero-order chi connectivity index (χ0) is 15.5. The van der Waals surface area contributed by atoms with Gasteiger partial charge in [0.1, 0.15) is 0 Å². The molecule has 2 heterocycles. The first-order valence-electron chi connectivity index (χ1n) is 7.64. The van der Waals surface area contributed by atoms with Crippen LogP contribution in [0.5, 0.6) is 0 Å². The fraction of sp³-hybridized carbons (Fsp3) is 0.500. The number of aliphatic hydroxyl groups is 1. The van der Waals surface area contributed by atoms with Gasteiger partial charge in [-0.3, -0.25) is 9.89 Å². The number of hydrogen-bond acceptors (Lipinski definition) is 4. The standard InChI is InChI=1S/C16H21N3O3/c1-11-7-12-9-17-18-15(12)14(8-11)16(21)19-4-2-3-13(10-19)22-6-5-20/h7-9,13,20H,2-6,10H2,1H3,(H,17,18). The topological polar surface area (TPSA) is 78.5 Å². The number of aromatic nitrogens is 2. The van der Waals surface area contributed by atoms with Gasteiger partial charge < -0.3 is 14.7 Å². The molecule has 1 atom stereocenters. The quantitative estimate of drug-likeness (QED) is 0.897. The van der Waals surface area contributed by atoms with Gasteiger partial charge in [0.25, 0.3) is 5.91 Å². The van der Waals surface area contributed by atoms with Gasteiger partial charge in [-0.15, -0.1) is 0 Å². The van der Waals surface area contributed by atoms with Crippen molar-refractivity contribution in [1.29, 1.82) is 0 Å². The number of aromatic amines is 1. The number of aliphatic hydroxyl groups excluding tert-OH is 1. The van der Waals surface area contributed by atoms with Gasteiger partial charge in [0.2, 0.25) is 0 Å². The van der Waals surface area contributed by atoms with Crippen LogP contribution in [0, 0.1) is 6.92 Å². The van der Waals surface area contributed by atoms with E-state index in [4.69, 9.17) is 9.84 Å². The Bertz CT molecular complexity index is 668. The van der Waals surface area contributed by atoms with Gasteiger partial charge in [0, 0.05) is 18.5 Å². The first-order chi connectivity index (χ1) is 10.7. The van der Waals surface area contributed by atoms with Gasteiger partial charge in [-0.1, -0.05) is 0 Å². The van der Waals surface area contributed by atoms with E-state index < -0.39 is 0 Å². The highest BCUT2D eigenvalue weighted by Crippen LogP contribution is 2.22. The fourth-order valence-corrected chi connectivity index (χ4v) is 3.02. The summed E-state index contributed by atoms with van der Waals surface area (Å²) in [5, 5.41) is 16.8. The fourth-order valence-electron chi connectivity index (χ4n) is 3.02. The maximum atomic E-state index is 12.9. The smallest absolute Gasteiger partial charge is 0.256 e.